The van der Waals surface area contributed by atoms with Gasteiger partial charge >= 0.3 is 5.97 Å². The van der Waals surface area contributed by atoms with Crippen LogP contribution in [0.3, 0.4) is 0 Å². The predicted molar refractivity (Wildman–Crippen MR) is 57.0 cm³/mol. The van der Waals surface area contributed by atoms with Gasteiger partial charge in [-0.1, -0.05) is 32.6 Å². The quantitative estimate of drug-likeness (QED) is 0.649. The van der Waals surface area contributed by atoms with Crippen LogP contribution in [0.4, 0.5) is 0 Å². The summed E-state index contributed by atoms with van der Waals surface area (Å²) >= 11 is 0. The summed E-state index contributed by atoms with van der Waals surface area (Å²) in [6, 6.07) is 0. The van der Waals surface area contributed by atoms with Crippen molar-refractivity contribution in [3.63, 3.8) is 0 Å². The molecule has 0 heterocycles. The number of ether oxygens (including phenoxy) is 1. The van der Waals surface area contributed by atoms with Crippen molar-refractivity contribution in [2.75, 3.05) is 7.11 Å². The molecule has 1 saturated carbocycles. The van der Waals surface area contributed by atoms with Crippen LogP contribution < -0.4 is 0 Å². The highest BCUT2D eigenvalue weighted by Crippen LogP contribution is 2.32. The van der Waals surface area contributed by atoms with Gasteiger partial charge in [-0.2, -0.15) is 0 Å². The van der Waals surface area contributed by atoms with Crippen LogP contribution in [0.5, 0.6) is 0 Å². The van der Waals surface area contributed by atoms with E-state index in [1.54, 1.807) is 0 Å². The van der Waals surface area contributed by atoms with E-state index in [0.29, 0.717) is 5.92 Å². The number of methoxy groups -OCH3 is 1. The van der Waals surface area contributed by atoms with Gasteiger partial charge in [0.15, 0.2) is 0 Å². The van der Waals surface area contributed by atoms with Crippen LogP contribution in [0, 0.1) is 11.8 Å². The zero-order valence-corrected chi connectivity index (χ0v) is 9.42. The van der Waals surface area contributed by atoms with Crippen LogP contribution >= 0.6 is 0 Å². The molecule has 1 aliphatic carbocycles. The number of esters is 1. The first kappa shape index (κ1) is 11.5. The SMILES string of the molecule is CCCC(C(=O)OC)C1CCCCC1. The molecule has 1 aliphatic rings. The highest BCUT2D eigenvalue weighted by atomic mass is 16.5. The van der Waals surface area contributed by atoms with Gasteiger partial charge in [-0.05, 0) is 25.2 Å². The molecule has 1 fully saturated rings. The number of carbonyl (C=O) groups excluding carboxylic acids is 1. The van der Waals surface area contributed by atoms with Crippen molar-refractivity contribution in [2.45, 2.75) is 51.9 Å². The first-order chi connectivity index (χ1) is 6.79. The molecule has 2 heteroatoms. The van der Waals surface area contributed by atoms with Crippen molar-refractivity contribution in [1.29, 1.82) is 0 Å². The van der Waals surface area contributed by atoms with Crippen molar-refractivity contribution in [3.05, 3.63) is 0 Å². The molecule has 0 aromatic heterocycles. The summed E-state index contributed by atoms with van der Waals surface area (Å²) < 4.78 is 4.88. The van der Waals surface area contributed by atoms with Gasteiger partial charge in [0.2, 0.25) is 0 Å². The van der Waals surface area contributed by atoms with Crippen LogP contribution in [0.1, 0.15) is 51.9 Å². The fraction of sp³-hybridized carbons (Fsp3) is 0.917. The molecule has 2 nitrogen and oxygen atoms in total. The molecule has 1 atom stereocenters. The number of hydrogen-bond acceptors (Lipinski definition) is 2. The van der Waals surface area contributed by atoms with E-state index in [1.165, 1.54) is 39.2 Å². The third-order valence-corrected chi connectivity index (χ3v) is 3.32. The zero-order valence-electron chi connectivity index (χ0n) is 9.42. The maximum atomic E-state index is 11.6. The second-order valence-corrected chi connectivity index (χ2v) is 4.32. The molecule has 0 radical (unpaired) electrons. The topological polar surface area (TPSA) is 26.3 Å². The molecule has 0 aromatic carbocycles. The molecule has 1 rings (SSSR count). The molecule has 14 heavy (non-hydrogen) atoms. The fourth-order valence-corrected chi connectivity index (χ4v) is 2.54. The molecule has 0 aliphatic heterocycles. The van der Waals surface area contributed by atoms with E-state index in [4.69, 9.17) is 4.74 Å². The normalized spacial score (nSPS) is 20.4. The molecule has 0 bridgehead atoms. The van der Waals surface area contributed by atoms with Gasteiger partial charge in [0.1, 0.15) is 0 Å². The van der Waals surface area contributed by atoms with Gasteiger partial charge in [-0.25, -0.2) is 0 Å². The van der Waals surface area contributed by atoms with Crippen molar-refractivity contribution in [1.82, 2.24) is 0 Å². The third-order valence-electron chi connectivity index (χ3n) is 3.32. The van der Waals surface area contributed by atoms with Crippen molar-refractivity contribution in [3.8, 4) is 0 Å². The van der Waals surface area contributed by atoms with Gasteiger partial charge in [0.25, 0.3) is 0 Å². The van der Waals surface area contributed by atoms with Crippen LogP contribution in [0.15, 0.2) is 0 Å². The standard InChI is InChI=1S/C12H22O2/c1-3-7-11(12(13)14-2)10-8-5-4-6-9-10/h10-11H,3-9H2,1-2H3. The Hall–Kier alpha value is -0.530. The Kier molecular flexibility index (Phi) is 4.99. The van der Waals surface area contributed by atoms with E-state index < -0.39 is 0 Å². The third kappa shape index (κ3) is 3.00. The number of carbonyl (C=O) groups is 1. The van der Waals surface area contributed by atoms with Gasteiger partial charge in [0, 0.05) is 0 Å². The Balaban J connectivity index is 2.50. The lowest BCUT2D eigenvalue weighted by Gasteiger charge is -2.28. The average Bonchev–Trinajstić information content (AvgIpc) is 2.26. The van der Waals surface area contributed by atoms with Gasteiger partial charge in [0.05, 0.1) is 13.0 Å². The van der Waals surface area contributed by atoms with E-state index in [2.05, 4.69) is 6.92 Å². The molecule has 0 amide bonds. The molecule has 0 spiro atoms. The molecule has 0 saturated heterocycles. The van der Waals surface area contributed by atoms with Crippen LogP contribution in [0.25, 0.3) is 0 Å². The van der Waals surface area contributed by atoms with E-state index in [-0.39, 0.29) is 11.9 Å². The number of rotatable bonds is 4. The molecular formula is C12H22O2. The van der Waals surface area contributed by atoms with Gasteiger partial charge < -0.3 is 4.74 Å². The lowest BCUT2D eigenvalue weighted by Crippen LogP contribution is -2.26. The van der Waals surface area contributed by atoms with Crippen LogP contribution in [0.2, 0.25) is 0 Å². The van der Waals surface area contributed by atoms with E-state index in [0.717, 1.165) is 12.8 Å². The zero-order chi connectivity index (χ0) is 10.4. The summed E-state index contributed by atoms with van der Waals surface area (Å²) in [7, 11) is 1.51. The second kappa shape index (κ2) is 6.05. The van der Waals surface area contributed by atoms with Crippen molar-refractivity contribution in [2.24, 2.45) is 11.8 Å². The summed E-state index contributed by atoms with van der Waals surface area (Å²) in [4.78, 5) is 11.6. The smallest absolute Gasteiger partial charge is 0.308 e. The molecule has 1 unspecified atom stereocenters. The minimum absolute atomic E-state index is 0.0127. The first-order valence-corrected chi connectivity index (χ1v) is 5.87. The Bertz CT molecular complexity index is 171. The summed E-state index contributed by atoms with van der Waals surface area (Å²) in [6.07, 6.45) is 8.45. The lowest BCUT2D eigenvalue weighted by molar-refractivity contribution is -0.148. The fourth-order valence-electron chi connectivity index (χ4n) is 2.54. The molecule has 82 valence electrons. The summed E-state index contributed by atoms with van der Waals surface area (Å²) in [5.74, 6) is 0.778. The Morgan fingerprint density at radius 2 is 2.00 bits per heavy atom. The average molecular weight is 198 g/mol. The van der Waals surface area contributed by atoms with Gasteiger partial charge in [-0.3, -0.25) is 4.79 Å². The maximum absolute atomic E-state index is 11.6. The molecule has 0 N–H and O–H groups in total. The summed E-state index contributed by atoms with van der Waals surface area (Å²) in [5, 5.41) is 0. The highest BCUT2D eigenvalue weighted by molar-refractivity contribution is 5.72. The van der Waals surface area contributed by atoms with Crippen LogP contribution in [-0.2, 0) is 9.53 Å². The predicted octanol–water partition coefficient (Wildman–Crippen LogP) is 3.16. The molecular weight excluding hydrogens is 176 g/mol. The first-order valence-electron chi connectivity index (χ1n) is 5.87. The van der Waals surface area contributed by atoms with E-state index >= 15 is 0 Å². The minimum atomic E-state index is 0.0127. The second-order valence-electron chi connectivity index (χ2n) is 4.32. The van der Waals surface area contributed by atoms with E-state index in [9.17, 15) is 4.79 Å². The number of hydrogen-bond donors (Lipinski definition) is 0. The summed E-state index contributed by atoms with van der Waals surface area (Å²) in [5.41, 5.74) is 0. The van der Waals surface area contributed by atoms with Crippen molar-refractivity contribution < 1.29 is 9.53 Å². The Morgan fingerprint density at radius 3 is 2.50 bits per heavy atom. The largest absolute Gasteiger partial charge is 0.469 e. The summed E-state index contributed by atoms with van der Waals surface area (Å²) in [6.45, 7) is 2.14. The molecule has 0 aromatic rings. The lowest BCUT2D eigenvalue weighted by atomic mass is 9.78. The van der Waals surface area contributed by atoms with Crippen LogP contribution in [-0.4, -0.2) is 13.1 Å². The Labute approximate surface area is 87.0 Å². The Morgan fingerprint density at radius 1 is 1.36 bits per heavy atom. The van der Waals surface area contributed by atoms with Crippen molar-refractivity contribution >= 4 is 5.97 Å². The maximum Gasteiger partial charge on any atom is 0.308 e. The van der Waals surface area contributed by atoms with Gasteiger partial charge in [-0.15, -0.1) is 0 Å². The monoisotopic (exact) mass is 198 g/mol. The minimum Gasteiger partial charge on any atom is -0.469 e. The van der Waals surface area contributed by atoms with E-state index in [1.807, 2.05) is 0 Å². The highest BCUT2D eigenvalue weighted by Gasteiger charge is 2.29.